The van der Waals surface area contributed by atoms with Crippen LogP contribution in [0.4, 0.5) is 0 Å². The van der Waals surface area contributed by atoms with Crippen LogP contribution < -0.4 is 11.1 Å². The third-order valence-electron chi connectivity index (χ3n) is 2.43. The van der Waals surface area contributed by atoms with Crippen LogP contribution in [0.2, 0.25) is 0 Å². The third kappa shape index (κ3) is 6.05. The molecule has 3 N–H and O–H groups in total. The van der Waals surface area contributed by atoms with Gasteiger partial charge in [0.15, 0.2) is 0 Å². The quantitative estimate of drug-likeness (QED) is 0.531. The number of likely N-dealkylation sites (N-methyl/N-ethyl adjacent to an activating group) is 1. The summed E-state index contributed by atoms with van der Waals surface area (Å²) < 4.78 is 10.5. The highest BCUT2D eigenvalue weighted by Gasteiger charge is 2.29. The highest BCUT2D eigenvalue weighted by Crippen LogP contribution is 2.08. The minimum Gasteiger partial charge on any atom is -0.379 e. The van der Waals surface area contributed by atoms with E-state index in [9.17, 15) is 4.79 Å². The van der Waals surface area contributed by atoms with Crippen LogP contribution >= 0.6 is 0 Å². The second-order valence-corrected chi connectivity index (χ2v) is 3.79. The number of rotatable bonds is 10. The van der Waals surface area contributed by atoms with E-state index in [-0.39, 0.29) is 5.91 Å². The fraction of sp³-hybridized carbons (Fsp3) is 0.909. The summed E-state index contributed by atoms with van der Waals surface area (Å²) in [5.41, 5.74) is 4.66. The molecule has 0 fully saturated rings. The van der Waals surface area contributed by atoms with Crippen LogP contribution in [-0.4, -0.2) is 44.4 Å². The zero-order valence-corrected chi connectivity index (χ0v) is 10.5. The number of ether oxygens (including phenoxy) is 2. The van der Waals surface area contributed by atoms with Gasteiger partial charge in [-0.2, -0.15) is 0 Å². The number of hydrogen-bond donors (Lipinski definition) is 2. The Morgan fingerprint density at radius 3 is 2.38 bits per heavy atom. The van der Waals surface area contributed by atoms with E-state index < -0.39 is 5.54 Å². The molecular weight excluding hydrogens is 208 g/mol. The lowest BCUT2D eigenvalue weighted by Gasteiger charge is -2.26. The smallest absolute Gasteiger partial charge is 0.237 e. The zero-order valence-electron chi connectivity index (χ0n) is 10.5. The number of primary amides is 1. The topological polar surface area (TPSA) is 73.6 Å². The monoisotopic (exact) mass is 232 g/mol. The summed E-state index contributed by atoms with van der Waals surface area (Å²) in [6.07, 6.45) is 0.572. The average molecular weight is 232 g/mol. The van der Waals surface area contributed by atoms with Crippen molar-refractivity contribution >= 4 is 5.91 Å². The molecule has 16 heavy (non-hydrogen) atoms. The SMILES string of the molecule is CCNC(C)(CCOCCOCC)C(N)=O. The van der Waals surface area contributed by atoms with E-state index in [1.165, 1.54) is 0 Å². The molecule has 5 heteroatoms. The number of nitrogens with two attached hydrogens (primary N) is 1. The molecule has 0 aromatic carbocycles. The predicted octanol–water partition coefficient (Wildman–Crippen LogP) is 0.283. The van der Waals surface area contributed by atoms with Gasteiger partial charge in [-0.1, -0.05) is 6.92 Å². The van der Waals surface area contributed by atoms with Crippen LogP contribution in [-0.2, 0) is 14.3 Å². The van der Waals surface area contributed by atoms with E-state index in [2.05, 4.69) is 5.32 Å². The second kappa shape index (κ2) is 8.50. The number of amides is 1. The van der Waals surface area contributed by atoms with E-state index in [4.69, 9.17) is 15.2 Å². The van der Waals surface area contributed by atoms with E-state index in [0.29, 0.717) is 39.4 Å². The molecule has 0 bridgehead atoms. The minimum absolute atomic E-state index is 0.345. The maximum Gasteiger partial charge on any atom is 0.237 e. The molecule has 0 heterocycles. The summed E-state index contributed by atoms with van der Waals surface area (Å²) in [4.78, 5) is 11.3. The second-order valence-electron chi connectivity index (χ2n) is 3.79. The van der Waals surface area contributed by atoms with Crippen molar-refractivity contribution in [1.29, 1.82) is 0 Å². The molecule has 0 saturated carbocycles. The molecule has 0 spiro atoms. The fourth-order valence-corrected chi connectivity index (χ4v) is 1.33. The highest BCUT2D eigenvalue weighted by atomic mass is 16.5. The Labute approximate surface area is 97.7 Å². The predicted molar refractivity (Wildman–Crippen MR) is 63.2 cm³/mol. The van der Waals surface area contributed by atoms with Crippen LogP contribution in [0.15, 0.2) is 0 Å². The van der Waals surface area contributed by atoms with Gasteiger partial charge in [0.2, 0.25) is 5.91 Å². The average Bonchev–Trinajstić information content (AvgIpc) is 2.23. The molecule has 0 aliphatic carbocycles. The van der Waals surface area contributed by atoms with Crippen molar-refractivity contribution in [3.05, 3.63) is 0 Å². The van der Waals surface area contributed by atoms with E-state index in [0.717, 1.165) is 0 Å². The van der Waals surface area contributed by atoms with Crippen molar-refractivity contribution in [2.75, 3.05) is 33.0 Å². The normalized spacial score (nSPS) is 14.7. The first-order valence-electron chi connectivity index (χ1n) is 5.77. The Kier molecular flexibility index (Phi) is 8.15. The minimum atomic E-state index is -0.680. The highest BCUT2D eigenvalue weighted by molar-refractivity contribution is 5.84. The van der Waals surface area contributed by atoms with E-state index >= 15 is 0 Å². The van der Waals surface area contributed by atoms with E-state index in [1.54, 1.807) is 6.92 Å². The number of carbonyl (C=O) groups excluding carboxylic acids is 1. The zero-order chi connectivity index (χ0) is 12.4. The Morgan fingerprint density at radius 2 is 1.88 bits per heavy atom. The third-order valence-corrected chi connectivity index (χ3v) is 2.43. The van der Waals surface area contributed by atoms with Crippen molar-refractivity contribution in [1.82, 2.24) is 5.32 Å². The number of hydrogen-bond acceptors (Lipinski definition) is 4. The number of nitrogens with one attached hydrogen (secondary N) is 1. The first-order chi connectivity index (χ1) is 7.56. The molecule has 0 rings (SSSR count). The van der Waals surface area contributed by atoms with Crippen molar-refractivity contribution in [2.24, 2.45) is 5.73 Å². The summed E-state index contributed by atoms with van der Waals surface area (Å²) in [6, 6.07) is 0. The molecule has 0 aliphatic heterocycles. The molecule has 1 unspecified atom stereocenters. The molecular formula is C11H24N2O3. The summed E-state index contributed by atoms with van der Waals surface area (Å²) in [6.45, 7) is 8.72. The van der Waals surface area contributed by atoms with Crippen molar-refractivity contribution in [2.45, 2.75) is 32.7 Å². The van der Waals surface area contributed by atoms with Gasteiger partial charge in [0.25, 0.3) is 0 Å². The van der Waals surface area contributed by atoms with Crippen molar-refractivity contribution in [3.63, 3.8) is 0 Å². The molecule has 1 atom stereocenters. The molecule has 0 saturated heterocycles. The van der Waals surface area contributed by atoms with Gasteiger partial charge in [-0.15, -0.1) is 0 Å². The Hall–Kier alpha value is -0.650. The van der Waals surface area contributed by atoms with Crippen molar-refractivity contribution < 1.29 is 14.3 Å². The van der Waals surface area contributed by atoms with Gasteiger partial charge >= 0.3 is 0 Å². The fourth-order valence-electron chi connectivity index (χ4n) is 1.33. The summed E-state index contributed by atoms with van der Waals surface area (Å²) in [5, 5.41) is 3.07. The van der Waals surface area contributed by atoms with Crippen LogP contribution in [0, 0.1) is 0 Å². The van der Waals surface area contributed by atoms with Crippen LogP contribution in [0.25, 0.3) is 0 Å². The first-order valence-corrected chi connectivity index (χ1v) is 5.77. The lowest BCUT2D eigenvalue weighted by atomic mass is 9.97. The summed E-state index contributed by atoms with van der Waals surface area (Å²) in [7, 11) is 0. The maximum absolute atomic E-state index is 11.3. The largest absolute Gasteiger partial charge is 0.379 e. The summed E-state index contributed by atoms with van der Waals surface area (Å²) >= 11 is 0. The Balaban J connectivity index is 3.73. The molecule has 0 radical (unpaired) electrons. The Morgan fingerprint density at radius 1 is 1.25 bits per heavy atom. The van der Waals surface area contributed by atoms with Gasteiger partial charge in [-0.25, -0.2) is 0 Å². The number of carbonyl (C=O) groups is 1. The van der Waals surface area contributed by atoms with Crippen LogP contribution in [0.3, 0.4) is 0 Å². The molecule has 1 amide bonds. The Bertz CT molecular complexity index is 200. The molecule has 5 nitrogen and oxygen atoms in total. The van der Waals surface area contributed by atoms with E-state index in [1.807, 2.05) is 13.8 Å². The van der Waals surface area contributed by atoms with Crippen LogP contribution in [0.1, 0.15) is 27.2 Å². The molecule has 0 aliphatic rings. The van der Waals surface area contributed by atoms with Crippen LogP contribution in [0.5, 0.6) is 0 Å². The molecule has 0 aromatic heterocycles. The lowest BCUT2D eigenvalue weighted by molar-refractivity contribution is -0.124. The summed E-state index contributed by atoms with van der Waals surface area (Å²) in [5.74, 6) is -0.345. The van der Waals surface area contributed by atoms with Gasteiger partial charge in [-0.05, 0) is 26.8 Å². The van der Waals surface area contributed by atoms with Crippen molar-refractivity contribution in [3.8, 4) is 0 Å². The molecule has 96 valence electrons. The van der Waals surface area contributed by atoms with Gasteiger partial charge in [0.1, 0.15) is 0 Å². The maximum atomic E-state index is 11.3. The first kappa shape index (κ1) is 15.3. The van der Waals surface area contributed by atoms with Gasteiger partial charge in [0.05, 0.1) is 18.8 Å². The standard InChI is InChI=1S/C11H24N2O3/c1-4-13-11(3,10(12)14)6-7-16-9-8-15-5-2/h13H,4-9H2,1-3H3,(H2,12,14). The molecule has 0 aromatic rings. The lowest BCUT2D eigenvalue weighted by Crippen LogP contribution is -2.53. The van der Waals surface area contributed by atoms with Gasteiger partial charge < -0.3 is 20.5 Å². The van der Waals surface area contributed by atoms with Gasteiger partial charge in [0, 0.05) is 13.2 Å². The van der Waals surface area contributed by atoms with Gasteiger partial charge in [-0.3, -0.25) is 4.79 Å².